The number of Topliss-reactive ketones (excluding diaryl/α,β-unsaturated/α-hetero) is 1. The minimum atomic E-state index is -0.762. The number of methoxy groups -OCH3 is 2. The van der Waals surface area contributed by atoms with Crippen molar-refractivity contribution in [3.05, 3.63) is 63.5 Å². The van der Waals surface area contributed by atoms with Crippen molar-refractivity contribution in [1.82, 2.24) is 5.32 Å². The standard InChI is InChI=1S/C29H36FNO6/c1-35-12-4-3-8-26(32)22-10-9-18(15-24(22)30)14-19-16-23(28(36-2)21-7-5-6-20(19)21)29(34)31-25-11-13-37-17-27(25)33/h9-10,15-16,25,27,33H,3-8,11-14,17H2,1-2H3,(H,31,34)/t25-,27-/m0/s1. The zero-order valence-corrected chi connectivity index (χ0v) is 21.6. The van der Waals surface area contributed by atoms with Gasteiger partial charge in [0.05, 0.1) is 37.0 Å². The first kappa shape index (κ1) is 27.2. The van der Waals surface area contributed by atoms with Gasteiger partial charge in [-0.1, -0.05) is 6.07 Å². The van der Waals surface area contributed by atoms with Crippen LogP contribution in [0.1, 0.15) is 75.1 Å². The summed E-state index contributed by atoms with van der Waals surface area (Å²) < 4.78 is 30.9. The van der Waals surface area contributed by atoms with Crippen molar-refractivity contribution in [3.8, 4) is 5.75 Å². The largest absolute Gasteiger partial charge is 0.496 e. The second kappa shape index (κ2) is 12.6. The Morgan fingerprint density at radius 3 is 2.68 bits per heavy atom. The second-order valence-electron chi connectivity index (χ2n) is 9.80. The van der Waals surface area contributed by atoms with E-state index in [9.17, 15) is 19.1 Å². The summed E-state index contributed by atoms with van der Waals surface area (Å²) in [5.41, 5.74) is 4.36. The van der Waals surface area contributed by atoms with E-state index in [4.69, 9.17) is 14.2 Å². The zero-order chi connectivity index (χ0) is 26.4. The van der Waals surface area contributed by atoms with Crippen molar-refractivity contribution in [2.75, 3.05) is 34.0 Å². The molecule has 1 heterocycles. The highest BCUT2D eigenvalue weighted by molar-refractivity contribution is 5.98. The number of unbranched alkanes of at least 4 members (excludes halogenated alkanes) is 1. The average molecular weight is 514 g/mol. The lowest BCUT2D eigenvalue weighted by atomic mass is 9.92. The highest BCUT2D eigenvalue weighted by atomic mass is 19.1. The van der Waals surface area contributed by atoms with Gasteiger partial charge in [0.1, 0.15) is 11.6 Å². The number of carbonyl (C=O) groups is 2. The van der Waals surface area contributed by atoms with E-state index in [1.54, 1.807) is 26.4 Å². The molecule has 1 saturated heterocycles. The summed E-state index contributed by atoms with van der Waals surface area (Å²) in [6, 6.07) is 6.21. The molecule has 1 aliphatic heterocycles. The van der Waals surface area contributed by atoms with Crippen LogP contribution in [0.2, 0.25) is 0 Å². The minimum absolute atomic E-state index is 0.108. The number of fused-ring (bicyclic) bond motifs is 1. The molecular formula is C29H36FNO6. The zero-order valence-electron chi connectivity index (χ0n) is 21.6. The predicted molar refractivity (Wildman–Crippen MR) is 137 cm³/mol. The van der Waals surface area contributed by atoms with Gasteiger partial charge in [-0.25, -0.2) is 4.39 Å². The summed E-state index contributed by atoms with van der Waals surface area (Å²) in [6.07, 6.45) is 4.52. The van der Waals surface area contributed by atoms with E-state index in [2.05, 4.69) is 5.32 Å². The third-order valence-corrected chi connectivity index (χ3v) is 7.27. The lowest BCUT2D eigenvalue weighted by molar-refractivity contribution is -0.0261. The van der Waals surface area contributed by atoms with Gasteiger partial charge in [0.15, 0.2) is 5.78 Å². The molecule has 37 heavy (non-hydrogen) atoms. The van der Waals surface area contributed by atoms with Crippen LogP contribution in [0.5, 0.6) is 5.75 Å². The first-order chi connectivity index (χ1) is 17.9. The fourth-order valence-corrected chi connectivity index (χ4v) is 5.32. The molecule has 2 N–H and O–H groups in total. The first-order valence-corrected chi connectivity index (χ1v) is 13.0. The van der Waals surface area contributed by atoms with E-state index in [1.165, 1.54) is 6.07 Å². The Balaban J connectivity index is 1.56. The van der Waals surface area contributed by atoms with Gasteiger partial charge in [0, 0.05) is 26.7 Å². The molecule has 1 aliphatic carbocycles. The summed E-state index contributed by atoms with van der Waals surface area (Å²) in [5, 5.41) is 13.2. The van der Waals surface area contributed by atoms with Crippen molar-refractivity contribution in [2.24, 2.45) is 0 Å². The minimum Gasteiger partial charge on any atom is -0.496 e. The fourth-order valence-electron chi connectivity index (χ4n) is 5.32. The Hall–Kier alpha value is -2.81. The fraction of sp³-hybridized carbons (Fsp3) is 0.517. The Morgan fingerprint density at radius 2 is 1.95 bits per heavy atom. The first-order valence-electron chi connectivity index (χ1n) is 13.0. The number of benzene rings is 2. The number of ketones is 1. The van der Waals surface area contributed by atoms with E-state index in [0.29, 0.717) is 43.8 Å². The Bertz CT molecular complexity index is 1130. The van der Waals surface area contributed by atoms with Crippen LogP contribution >= 0.6 is 0 Å². The van der Waals surface area contributed by atoms with Gasteiger partial charge in [0.2, 0.25) is 0 Å². The average Bonchev–Trinajstić information content (AvgIpc) is 3.38. The number of aliphatic hydroxyl groups excluding tert-OH is 1. The monoisotopic (exact) mass is 513 g/mol. The van der Waals surface area contributed by atoms with Crippen LogP contribution in [0.25, 0.3) is 0 Å². The van der Waals surface area contributed by atoms with Gasteiger partial charge in [-0.05, 0) is 85.4 Å². The van der Waals surface area contributed by atoms with Crippen LogP contribution in [0.3, 0.4) is 0 Å². The summed E-state index contributed by atoms with van der Waals surface area (Å²) in [7, 11) is 3.18. The Kier molecular flexibility index (Phi) is 9.29. The molecule has 2 aliphatic rings. The van der Waals surface area contributed by atoms with E-state index in [-0.39, 0.29) is 30.3 Å². The quantitative estimate of drug-likeness (QED) is 0.351. The van der Waals surface area contributed by atoms with Gasteiger partial charge in [-0.3, -0.25) is 9.59 Å². The summed E-state index contributed by atoms with van der Waals surface area (Å²) >= 11 is 0. The van der Waals surface area contributed by atoms with E-state index in [0.717, 1.165) is 47.9 Å². The summed E-state index contributed by atoms with van der Waals surface area (Å²) in [5.74, 6) is -0.471. The molecule has 0 saturated carbocycles. The van der Waals surface area contributed by atoms with Crippen LogP contribution < -0.4 is 10.1 Å². The van der Waals surface area contributed by atoms with Crippen LogP contribution in [0.15, 0.2) is 24.3 Å². The molecule has 0 unspecified atom stereocenters. The van der Waals surface area contributed by atoms with Crippen molar-refractivity contribution in [3.63, 3.8) is 0 Å². The van der Waals surface area contributed by atoms with E-state index >= 15 is 0 Å². The maximum absolute atomic E-state index is 14.9. The molecular weight excluding hydrogens is 477 g/mol. The second-order valence-corrected chi connectivity index (χ2v) is 9.80. The maximum atomic E-state index is 14.9. The molecule has 2 atom stereocenters. The summed E-state index contributed by atoms with van der Waals surface area (Å²) in [4.78, 5) is 25.8. The molecule has 8 heteroatoms. The predicted octanol–water partition coefficient (Wildman–Crippen LogP) is 3.79. The number of halogens is 1. The summed E-state index contributed by atoms with van der Waals surface area (Å²) in [6.45, 7) is 1.25. The van der Waals surface area contributed by atoms with Crippen molar-refractivity contribution >= 4 is 11.7 Å². The topological polar surface area (TPSA) is 94.1 Å². The van der Waals surface area contributed by atoms with Gasteiger partial charge in [0.25, 0.3) is 5.91 Å². The van der Waals surface area contributed by atoms with Crippen molar-refractivity contribution in [2.45, 2.75) is 63.5 Å². The highest BCUT2D eigenvalue weighted by Crippen LogP contribution is 2.37. The number of nitrogens with one attached hydrogen (secondary N) is 1. The van der Waals surface area contributed by atoms with Gasteiger partial charge in [-0.15, -0.1) is 0 Å². The molecule has 0 bridgehead atoms. The van der Waals surface area contributed by atoms with Gasteiger partial charge >= 0.3 is 0 Å². The lowest BCUT2D eigenvalue weighted by Gasteiger charge is -2.29. The smallest absolute Gasteiger partial charge is 0.255 e. The van der Waals surface area contributed by atoms with Crippen LogP contribution in [-0.4, -0.2) is 63.0 Å². The van der Waals surface area contributed by atoms with E-state index in [1.807, 2.05) is 6.07 Å². The molecule has 0 radical (unpaired) electrons. The van der Waals surface area contributed by atoms with Crippen molar-refractivity contribution in [1.29, 1.82) is 0 Å². The molecule has 200 valence electrons. The van der Waals surface area contributed by atoms with Crippen molar-refractivity contribution < 1.29 is 33.3 Å². The number of amides is 1. The number of hydrogen-bond donors (Lipinski definition) is 2. The molecule has 2 aromatic carbocycles. The molecule has 0 aromatic heterocycles. The van der Waals surface area contributed by atoms with Gasteiger partial charge in [-0.2, -0.15) is 0 Å². The Morgan fingerprint density at radius 1 is 1.14 bits per heavy atom. The number of carbonyl (C=O) groups excluding carboxylic acids is 2. The van der Waals surface area contributed by atoms with Crippen LogP contribution in [0.4, 0.5) is 4.39 Å². The lowest BCUT2D eigenvalue weighted by Crippen LogP contribution is -2.48. The highest BCUT2D eigenvalue weighted by Gasteiger charge is 2.30. The molecule has 2 aromatic rings. The molecule has 4 rings (SSSR count). The molecule has 0 spiro atoms. The number of aliphatic hydroxyl groups is 1. The molecule has 1 fully saturated rings. The maximum Gasteiger partial charge on any atom is 0.255 e. The van der Waals surface area contributed by atoms with E-state index < -0.39 is 18.0 Å². The van der Waals surface area contributed by atoms with Gasteiger partial charge < -0.3 is 24.6 Å². The number of ether oxygens (including phenoxy) is 3. The Labute approximate surface area is 217 Å². The normalized spacial score (nSPS) is 18.9. The number of rotatable bonds is 11. The third kappa shape index (κ3) is 6.37. The molecule has 1 amide bonds. The number of hydrogen-bond acceptors (Lipinski definition) is 6. The third-order valence-electron chi connectivity index (χ3n) is 7.27. The SMILES string of the molecule is COCCCCC(=O)c1ccc(Cc2cc(C(=O)N[C@H]3CCOC[C@@H]3O)c(OC)c3c2CCC3)cc1F. The molecule has 7 nitrogen and oxygen atoms in total. The van der Waals surface area contributed by atoms with Crippen LogP contribution in [0, 0.1) is 5.82 Å². The van der Waals surface area contributed by atoms with Crippen LogP contribution in [-0.2, 0) is 28.7 Å².